The van der Waals surface area contributed by atoms with Crippen LogP contribution in [0.15, 0.2) is 54.7 Å². The van der Waals surface area contributed by atoms with Gasteiger partial charge in [-0.2, -0.15) is 0 Å². The molecule has 1 aliphatic heterocycles. The first-order chi connectivity index (χ1) is 17.4. The molecule has 7 nitrogen and oxygen atoms in total. The number of rotatable bonds is 7. The number of aromatic nitrogens is 2. The molecule has 1 atom stereocenters. The molecular formula is C29H34N4O3. The van der Waals surface area contributed by atoms with Gasteiger partial charge in [0.1, 0.15) is 11.4 Å². The third kappa shape index (κ3) is 5.56. The van der Waals surface area contributed by atoms with Crippen molar-refractivity contribution in [3.63, 3.8) is 0 Å². The number of aryl methyl sites for hydroxylation is 2. The van der Waals surface area contributed by atoms with E-state index in [1.807, 2.05) is 68.1 Å². The molecule has 0 aliphatic carbocycles. The lowest BCUT2D eigenvalue weighted by molar-refractivity contribution is -0.149. The van der Waals surface area contributed by atoms with Crippen molar-refractivity contribution in [2.45, 2.75) is 40.5 Å². The van der Waals surface area contributed by atoms with E-state index >= 15 is 0 Å². The highest BCUT2D eigenvalue weighted by atomic mass is 16.5. The smallest absolute Gasteiger partial charge is 0.310 e. The van der Waals surface area contributed by atoms with Crippen molar-refractivity contribution >= 4 is 23.4 Å². The van der Waals surface area contributed by atoms with E-state index in [0.717, 1.165) is 35.2 Å². The molecule has 2 heterocycles. The zero-order valence-electron chi connectivity index (χ0n) is 21.5. The second kappa shape index (κ2) is 11.3. The Morgan fingerprint density at radius 2 is 1.86 bits per heavy atom. The quantitative estimate of drug-likeness (QED) is 0.420. The van der Waals surface area contributed by atoms with Crippen LogP contribution in [0.5, 0.6) is 0 Å². The molecule has 36 heavy (non-hydrogen) atoms. The van der Waals surface area contributed by atoms with Gasteiger partial charge in [0.05, 0.1) is 12.5 Å². The minimum absolute atomic E-state index is 0.166. The normalized spacial score (nSPS) is 15.4. The topological polar surface area (TPSA) is 75.6 Å². The first-order valence-corrected chi connectivity index (χ1v) is 12.7. The van der Waals surface area contributed by atoms with Crippen molar-refractivity contribution in [1.82, 2.24) is 14.9 Å². The summed E-state index contributed by atoms with van der Waals surface area (Å²) in [5.41, 5.74) is 4.56. The number of carbonyl (C=O) groups is 2. The van der Waals surface area contributed by atoms with Gasteiger partial charge >= 0.3 is 5.97 Å². The summed E-state index contributed by atoms with van der Waals surface area (Å²) in [5, 5.41) is 0. The molecule has 7 heteroatoms. The molecule has 0 unspecified atom stereocenters. The van der Waals surface area contributed by atoms with Gasteiger partial charge in [0.2, 0.25) is 0 Å². The molecule has 0 N–H and O–H groups in total. The second-order valence-electron chi connectivity index (χ2n) is 9.22. The van der Waals surface area contributed by atoms with Crippen molar-refractivity contribution in [3.05, 3.63) is 71.4 Å². The van der Waals surface area contributed by atoms with Crippen molar-refractivity contribution in [1.29, 1.82) is 0 Å². The highest BCUT2D eigenvalue weighted by Gasteiger charge is 2.32. The highest BCUT2D eigenvalue weighted by molar-refractivity contribution is 6.00. The first-order valence-electron chi connectivity index (χ1n) is 12.7. The summed E-state index contributed by atoms with van der Waals surface area (Å²) >= 11 is 0. The maximum absolute atomic E-state index is 13.8. The monoisotopic (exact) mass is 486 g/mol. The fraction of sp³-hybridized carbons (Fsp3) is 0.379. The largest absolute Gasteiger partial charge is 0.466 e. The molecule has 0 radical (unpaired) electrons. The van der Waals surface area contributed by atoms with Crippen LogP contribution in [0.4, 0.5) is 11.5 Å². The number of nitrogens with zero attached hydrogens (tertiary/aromatic N) is 4. The fourth-order valence-electron chi connectivity index (χ4n) is 4.61. The molecule has 4 rings (SSSR count). The Morgan fingerprint density at radius 1 is 1.08 bits per heavy atom. The predicted molar refractivity (Wildman–Crippen MR) is 141 cm³/mol. The van der Waals surface area contributed by atoms with E-state index in [2.05, 4.69) is 11.1 Å². The Labute approximate surface area is 213 Å². The average molecular weight is 487 g/mol. The van der Waals surface area contributed by atoms with E-state index in [9.17, 15) is 9.59 Å². The third-order valence-electron chi connectivity index (χ3n) is 6.52. The fourth-order valence-corrected chi connectivity index (χ4v) is 4.61. The highest BCUT2D eigenvalue weighted by Crippen LogP contribution is 2.31. The Kier molecular flexibility index (Phi) is 7.98. The number of amides is 1. The number of anilines is 2. The van der Waals surface area contributed by atoms with Gasteiger partial charge in [-0.05, 0) is 58.2 Å². The van der Waals surface area contributed by atoms with Crippen LogP contribution in [0.25, 0.3) is 11.4 Å². The summed E-state index contributed by atoms with van der Waals surface area (Å²) in [4.78, 5) is 39.5. The van der Waals surface area contributed by atoms with Crippen LogP contribution < -0.4 is 4.90 Å². The Morgan fingerprint density at radius 3 is 2.56 bits per heavy atom. The summed E-state index contributed by atoms with van der Waals surface area (Å²) < 4.78 is 5.23. The van der Waals surface area contributed by atoms with Crippen molar-refractivity contribution in [2.75, 3.05) is 31.1 Å². The van der Waals surface area contributed by atoms with Crippen LogP contribution in [0.2, 0.25) is 0 Å². The number of carbonyl (C=O) groups excluding carboxylic acids is 2. The van der Waals surface area contributed by atoms with Crippen LogP contribution in [-0.4, -0.2) is 53.0 Å². The van der Waals surface area contributed by atoms with Gasteiger partial charge in [-0.15, -0.1) is 0 Å². The number of hydrogen-bond donors (Lipinski definition) is 0. The number of piperidine rings is 1. The zero-order valence-corrected chi connectivity index (χ0v) is 21.5. The van der Waals surface area contributed by atoms with Crippen LogP contribution in [-0.2, 0) is 9.53 Å². The third-order valence-corrected chi connectivity index (χ3v) is 6.52. The first kappa shape index (κ1) is 25.4. The second-order valence-corrected chi connectivity index (χ2v) is 9.22. The molecule has 2 aromatic carbocycles. The molecule has 1 amide bonds. The lowest BCUT2D eigenvalue weighted by Crippen LogP contribution is -2.43. The van der Waals surface area contributed by atoms with Crippen LogP contribution >= 0.6 is 0 Å². The van der Waals surface area contributed by atoms with E-state index in [-0.39, 0.29) is 17.8 Å². The number of hydrogen-bond acceptors (Lipinski definition) is 6. The van der Waals surface area contributed by atoms with Crippen LogP contribution in [0, 0.1) is 19.8 Å². The van der Waals surface area contributed by atoms with Crippen molar-refractivity contribution in [2.24, 2.45) is 5.92 Å². The molecule has 188 valence electrons. The average Bonchev–Trinajstić information content (AvgIpc) is 2.89. The Balaban J connectivity index is 1.75. The minimum atomic E-state index is -0.307. The van der Waals surface area contributed by atoms with E-state index in [1.165, 1.54) is 0 Å². The van der Waals surface area contributed by atoms with E-state index < -0.39 is 0 Å². The molecule has 1 aromatic heterocycles. The predicted octanol–water partition coefficient (Wildman–Crippen LogP) is 5.33. The number of likely N-dealkylation sites (tertiary alicyclic amines) is 1. The Bertz CT molecular complexity index is 1230. The van der Waals surface area contributed by atoms with Crippen LogP contribution in [0.3, 0.4) is 0 Å². The molecule has 1 fully saturated rings. The zero-order chi connectivity index (χ0) is 25.7. The maximum Gasteiger partial charge on any atom is 0.310 e. The number of ether oxygens (including phenoxy) is 1. The number of esters is 1. The van der Waals surface area contributed by atoms with Gasteiger partial charge < -0.3 is 14.5 Å². The van der Waals surface area contributed by atoms with E-state index in [1.54, 1.807) is 18.0 Å². The molecule has 1 aliphatic rings. The minimum Gasteiger partial charge on any atom is -0.466 e. The Hall–Kier alpha value is -3.74. The van der Waals surface area contributed by atoms with Gasteiger partial charge in [0.15, 0.2) is 5.82 Å². The van der Waals surface area contributed by atoms with Gasteiger partial charge in [0, 0.05) is 37.1 Å². The lowest BCUT2D eigenvalue weighted by atomic mass is 9.97. The maximum atomic E-state index is 13.8. The summed E-state index contributed by atoms with van der Waals surface area (Å²) in [6, 6.07) is 16.2. The van der Waals surface area contributed by atoms with E-state index in [0.29, 0.717) is 43.4 Å². The SMILES string of the molecule is CCOC(=O)[C@@H]1CCCN(C(=O)c2cnc(-c3ccc(C)cc3)nc2N(CC)c2cccc(C)c2)C1. The van der Waals surface area contributed by atoms with Gasteiger partial charge in [-0.25, -0.2) is 9.97 Å². The molecule has 1 saturated heterocycles. The van der Waals surface area contributed by atoms with Crippen molar-refractivity contribution < 1.29 is 14.3 Å². The summed E-state index contributed by atoms with van der Waals surface area (Å²) in [5.74, 6) is 0.419. The lowest BCUT2D eigenvalue weighted by Gasteiger charge is -2.33. The summed E-state index contributed by atoms with van der Waals surface area (Å²) in [6.45, 7) is 9.82. The molecule has 0 bridgehead atoms. The van der Waals surface area contributed by atoms with Crippen LogP contribution in [0.1, 0.15) is 48.2 Å². The molecule has 0 saturated carbocycles. The van der Waals surface area contributed by atoms with Gasteiger partial charge in [0.25, 0.3) is 5.91 Å². The van der Waals surface area contributed by atoms with Gasteiger partial charge in [-0.1, -0.05) is 42.0 Å². The molecule has 0 spiro atoms. The molecule has 3 aromatic rings. The molecular weight excluding hydrogens is 452 g/mol. The standard InChI is InChI=1S/C29H34N4O3/c1-5-33(24-11-7-9-21(4)17-24)27-25(18-30-26(31-27)22-14-12-20(3)13-15-22)28(34)32-16-8-10-23(19-32)29(35)36-6-2/h7,9,11-15,17-18,23H,5-6,8,10,16,19H2,1-4H3/t23-/m1/s1. The number of benzene rings is 2. The van der Waals surface area contributed by atoms with Gasteiger partial charge in [-0.3, -0.25) is 9.59 Å². The summed E-state index contributed by atoms with van der Waals surface area (Å²) in [6.07, 6.45) is 3.11. The summed E-state index contributed by atoms with van der Waals surface area (Å²) in [7, 11) is 0. The van der Waals surface area contributed by atoms with Crippen molar-refractivity contribution in [3.8, 4) is 11.4 Å². The van der Waals surface area contributed by atoms with E-state index in [4.69, 9.17) is 9.72 Å².